The van der Waals surface area contributed by atoms with Crippen LogP contribution in [0.15, 0.2) is 194 Å². The first-order valence-electron chi connectivity index (χ1n) is 26.8. The summed E-state index contributed by atoms with van der Waals surface area (Å²) in [6, 6.07) is -3.58. The summed E-state index contributed by atoms with van der Waals surface area (Å²) in [7, 11) is 0. The van der Waals surface area contributed by atoms with Gasteiger partial charge in [-0.3, -0.25) is 0 Å². The van der Waals surface area contributed by atoms with Crippen molar-refractivity contribution in [3.8, 4) is 44.8 Å². The quantitative estimate of drug-likeness (QED) is 0.174. The number of aromatic nitrogens is 2. The van der Waals surface area contributed by atoms with Crippen LogP contribution in [0.1, 0.15) is 31.5 Å². The molecule has 0 unspecified atom stereocenters. The summed E-state index contributed by atoms with van der Waals surface area (Å²) in [5, 5.41) is -1.81. The number of benzene rings is 8. The zero-order valence-electron chi connectivity index (χ0n) is 48.6. The van der Waals surface area contributed by atoms with Gasteiger partial charge in [0, 0.05) is 32.9 Å². The number of fused-ring (bicyclic) bond motifs is 6. The third-order valence-electron chi connectivity index (χ3n) is 8.49. The molecule has 0 atom stereocenters. The minimum atomic E-state index is -0.932. The van der Waals surface area contributed by atoms with Gasteiger partial charge in [0.05, 0.1) is 53.6 Å². The summed E-state index contributed by atoms with van der Waals surface area (Å²) in [5.74, 6) is 0. The minimum Gasteiger partial charge on any atom is -0.309 e. The molecule has 10 rings (SSSR count). The summed E-state index contributed by atoms with van der Waals surface area (Å²) < 4.78 is 211. The van der Waals surface area contributed by atoms with E-state index in [1.165, 1.54) is 4.57 Å². The van der Waals surface area contributed by atoms with Crippen molar-refractivity contribution in [2.45, 2.75) is 0 Å². The van der Waals surface area contributed by atoms with Crippen molar-refractivity contribution in [1.29, 1.82) is 0 Å². The Morgan fingerprint density at radius 1 is 0.360 bits per heavy atom. The molecular formula is C48H32N2. The third-order valence-corrected chi connectivity index (χ3v) is 8.49. The Morgan fingerprint density at radius 3 is 1.62 bits per heavy atom. The minimum absolute atomic E-state index is 0.184. The first-order chi connectivity index (χ1) is 34.4. The van der Waals surface area contributed by atoms with Crippen LogP contribution in [0.4, 0.5) is 0 Å². The van der Waals surface area contributed by atoms with Gasteiger partial charge in [0.1, 0.15) is 0 Å². The second-order valence-corrected chi connectivity index (χ2v) is 11.2. The molecule has 234 valence electrons. The molecule has 0 bridgehead atoms. The highest BCUT2D eigenvalue weighted by Crippen LogP contribution is 2.42. The number of hydrogen-bond donors (Lipinski definition) is 0. The summed E-state index contributed by atoms with van der Waals surface area (Å²) in [6.07, 6.45) is 0. The van der Waals surface area contributed by atoms with Crippen molar-refractivity contribution in [3.05, 3.63) is 194 Å². The molecule has 2 nitrogen and oxygen atoms in total. The van der Waals surface area contributed by atoms with E-state index < -0.39 is 194 Å². The number of rotatable bonds is 5. The van der Waals surface area contributed by atoms with Gasteiger partial charge >= 0.3 is 0 Å². The molecule has 0 saturated carbocycles. The lowest BCUT2D eigenvalue weighted by atomic mass is 9.99. The Hall–Kier alpha value is -6.64. The normalized spacial score (nSPS) is 18.0. The van der Waals surface area contributed by atoms with Gasteiger partial charge in [0.2, 0.25) is 0 Å². The standard InChI is InChI=1S/C48H32N2/c1-4-15-33(16-5-1)36-21-12-22-37(31-36)49-44-30-29-38(32-42(44)48-40(25-14-28-46(48)49)35-19-8-3-9-20-35)50-43-26-11-10-23-41(43)47-39(24-13-27-45(47)50)34-17-6-2-7-18-34/h1-32H/i2D,3D,6D,7D,8D,9D,10D,11D,13D,14D,17D,18D,19D,20D,23D,24D,25D,26D,27D,28D,29D,30D,32D. The van der Waals surface area contributed by atoms with E-state index in [4.69, 9.17) is 19.2 Å². The molecular weight excluding hydrogens is 605 g/mol. The second-order valence-electron chi connectivity index (χ2n) is 11.2. The van der Waals surface area contributed by atoms with Crippen LogP contribution in [0, 0.1) is 0 Å². The number of para-hydroxylation sites is 1. The topological polar surface area (TPSA) is 9.86 Å². The molecule has 0 saturated heterocycles. The predicted octanol–water partition coefficient (Wildman–Crippen LogP) is 12.9. The molecule has 0 aliphatic heterocycles. The van der Waals surface area contributed by atoms with E-state index >= 15 is 0 Å². The van der Waals surface area contributed by atoms with Gasteiger partial charge in [0.25, 0.3) is 0 Å². The van der Waals surface area contributed by atoms with E-state index in [0.29, 0.717) is 5.56 Å². The molecule has 0 aliphatic carbocycles. The molecule has 8 aromatic carbocycles. The fourth-order valence-corrected chi connectivity index (χ4v) is 6.41. The zero-order valence-corrected chi connectivity index (χ0v) is 25.6. The largest absolute Gasteiger partial charge is 0.309 e. The summed E-state index contributed by atoms with van der Waals surface area (Å²) in [4.78, 5) is 0. The van der Waals surface area contributed by atoms with Crippen molar-refractivity contribution >= 4 is 43.6 Å². The number of nitrogens with zero attached hydrogens (tertiary/aromatic N) is 2. The van der Waals surface area contributed by atoms with Gasteiger partial charge in [-0.25, -0.2) is 0 Å². The van der Waals surface area contributed by atoms with Gasteiger partial charge in [0.15, 0.2) is 0 Å². The molecule has 0 fully saturated rings. The second kappa shape index (κ2) is 11.5. The molecule has 2 aromatic heterocycles. The highest BCUT2D eigenvalue weighted by Gasteiger charge is 2.20. The molecule has 2 heteroatoms. The van der Waals surface area contributed by atoms with Crippen molar-refractivity contribution in [2.24, 2.45) is 0 Å². The Bertz CT molecular complexity index is 4120. The van der Waals surface area contributed by atoms with Gasteiger partial charge in [-0.2, -0.15) is 0 Å². The van der Waals surface area contributed by atoms with Gasteiger partial charge in [-0.15, -0.1) is 0 Å². The maximum atomic E-state index is 10.3. The Kier molecular flexibility index (Phi) is 3.15. The maximum absolute atomic E-state index is 10.3. The van der Waals surface area contributed by atoms with Crippen LogP contribution < -0.4 is 0 Å². The molecule has 0 amide bonds. The summed E-state index contributed by atoms with van der Waals surface area (Å²) in [6.45, 7) is 0. The Balaban J connectivity index is 1.52. The van der Waals surface area contributed by atoms with Crippen molar-refractivity contribution in [3.63, 3.8) is 0 Å². The van der Waals surface area contributed by atoms with Gasteiger partial charge in [-0.1, -0.05) is 145 Å². The molecule has 0 N–H and O–H groups in total. The fourth-order valence-electron chi connectivity index (χ4n) is 6.41. The SMILES string of the molecule is [2H]c1c([2H])c([2H])c(-c2c([2H])c([2H])c([2H])c3c2c2c([2H])c(-n4c5c([2H])c([2H])c([2H])c([2H])c5c5c(-c6c([2H])c([2H])c([2H])c([2H])c6[2H])c([2H])c([2H])c([2H])c54)c([2H])c([2H])c2n3-c2cccc(-c3ccccc3)c2)c([2H])c1[2H]. The first kappa shape index (κ1) is 13.7. The van der Waals surface area contributed by atoms with Crippen LogP contribution in [-0.4, -0.2) is 9.13 Å². The Labute approximate surface area is 323 Å². The fraction of sp³-hybridized carbons (Fsp3) is 0. The molecule has 2 heterocycles. The highest BCUT2D eigenvalue weighted by molar-refractivity contribution is 6.18. The van der Waals surface area contributed by atoms with Crippen LogP contribution >= 0.6 is 0 Å². The lowest BCUT2D eigenvalue weighted by Crippen LogP contribution is -1.96. The van der Waals surface area contributed by atoms with E-state index in [2.05, 4.69) is 0 Å². The third kappa shape index (κ3) is 4.43. The lowest BCUT2D eigenvalue weighted by Gasteiger charge is -2.12. The molecule has 0 radical (unpaired) electrons. The lowest BCUT2D eigenvalue weighted by molar-refractivity contribution is 1.17. The van der Waals surface area contributed by atoms with Crippen LogP contribution in [0.5, 0.6) is 0 Å². The van der Waals surface area contributed by atoms with Crippen LogP contribution in [0.3, 0.4) is 0 Å². The number of hydrogen-bond acceptors (Lipinski definition) is 0. The molecule has 10 aromatic rings. The van der Waals surface area contributed by atoms with Crippen molar-refractivity contribution in [1.82, 2.24) is 9.13 Å². The maximum Gasteiger partial charge on any atom is 0.0652 e. The van der Waals surface area contributed by atoms with E-state index in [1.54, 1.807) is 42.5 Å². The average molecular weight is 660 g/mol. The Morgan fingerprint density at radius 2 is 0.920 bits per heavy atom. The van der Waals surface area contributed by atoms with Crippen LogP contribution in [-0.2, 0) is 0 Å². The molecule has 0 spiro atoms. The summed E-state index contributed by atoms with van der Waals surface area (Å²) >= 11 is 0. The monoisotopic (exact) mass is 659 g/mol. The van der Waals surface area contributed by atoms with Crippen molar-refractivity contribution in [2.75, 3.05) is 0 Å². The highest BCUT2D eigenvalue weighted by atomic mass is 15.0. The van der Waals surface area contributed by atoms with Crippen LogP contribution in [0.2, 0.25) is 0 Å². The molecule has 0 aliphatic rings. The van der Waals surface area contributed by atoms with E-state index in [0.717, 1.165) is 10.1 Å². The molecule has 50 heavy (non-hydrogen) atoms. The summed E-state index contributed by atoms with van der Waals surface area (Å²) in [5.41, 5.74) is -3.48. The predicted molar refractivity (Wildman–Crippen MR) is 211 cm³/mol. The van der Waals surface area contributed by atoms with Crippen LogP contribution in [0.25, 0.3) is 88.4 Å². The zero-order chi connectivity index (χ0) is 53.0. The van der Waals surface area contributed by atoms with E-state index in [9.17, 15) is 12.3 Å². The first-order valence-corrected chi connectivity index (χ1v) is 15.3. The smallest absolute Gasteiger partial charge is 0.0652 e. The van der Waals surface area contributed by atoms with Gasteiger partial charge < -0.3 is 9.13 Å². The van der Waals surface area contributed by atoms with E-state index in [-0.39, 0.29) is 22.1 Å². The van der Waals surface area contributed by atoms with E-state index in [1.807, 2.05) is 12.1 Å². The van der Waals surface area contributed by atoms with Gasteiger partial charge in [-0.05, 0) is 81.8 Å². The average Bonchev–Trinajstić information content (AvgIpc) is 3.92. The van der Waals surface area contributed by atoms with Crippen molar-refractivity contribution < 1.29 is 31.5 Å².